The van der Waals surface area contributed by atoms with Gasteiger partial charge < -0.3 is 9.47 Å². The van der Waals surface area contributed by atoms with Crippen LogP contribution in [0.15, 0.2) is 0 Å². The topological polar surface area (TPSA) is 52.6 Å². The Morgan fingerprint density at radius 3 is 2.26 bits per heavy atom. The number of carbonyl (C=O) groups is 2. The molecular formula is C17H29O4PS. The van der Waals surface area contributed by atoms with Gasteiger partial charge in [-0.05, 0) is 56.3 Å². The van der Waals surface area contributed by atoms with Crippen LogP contribution in [0.1, 0.15) is 52.4 Å². The molecule has 0 aromatic carbocycles. The Labute approximate surface area is 147 Å². The quantitative estimate of drug-likeness (QED) is 0.341. The van der Waals surface area contributed by atoms with Gasteiger partial charge in [-0.1, -0.05) is 13.8 Å². The van der Waals surface area contributed by atoms with Gasteiger partial charge in [0.15, 0.2) is 0 Å². The summed E-state index contributed by atoms with van der Waals surface area (Å²) in [5, 5.41) is 0. The molecule has 6 heteroatoms. The summed E-state index contributed by atoms with van der Waals surface area (Å²) in [5.74, 6) is 1.58. The van der Waals surface area contributed by atoms with Crippen molar-refractivity contribution in [3.63, 3.8) is 0 Å². The first-order valence-corrected chi connectivity index (χ1v) is 9.82. The highest BCUT2D eigenvalue weighted by atomic mass is 32.1. The summed E-state index contributed by atoms with van der Waals surface area (Å²) >= 11 is 3.97. The van der Waals surface area contributed by atoms with E-state index < -0.39 is 11.0 Å². The molecule has 0 spiro atoms. The molecule has 2 bridgehead atoms. The molecule has 0 amide bonds. The second-order valence-electron chi connectivity index (χ2n) is 7.33. The van der Waals surface area contributed by atoms with Gasteiger partial charge in [-0.3, -0.25) is 9.59 Å². The molecule has 4 nitrogen and oxygen atoms in total. The number of fused-ring (bicyclic) bond motifs is 2. The minimum absolute atomic E-state index is 0.0969. The fourth-order valence-electron chi connectivity index (χ4n) is 4.53. The molecule has 2 aliphatic rings. The number of rotatable bonds is 6. The average molecular weight is 360 g/mol. The van der Waals surface area contributed by atoms with E-state index in [0.717, 1.165) is 25.2 Å². The van der Waals surface area contributed by atoms with Crippen molar-refractivity contribution in [3.05, 3.63) is 0 Å². The molecule has 4 atom stereocenters. The van der Waals surface area contributed by atoms with E-state index in [-0.39, 0.29) is 24.6 Å². The van der Waals surface area contributed by atoms with E-state index in [2.05, 4.69) is 35.7 Å². The smallest absolute Gasteiger partial charge is 0.322 e. The predicted molar refractivity (Wildman–Crippen MR) is 96.4 cm³/mol. The Balaban J connectivity index is 1.85. The molecule has 0 N–H and O–H groups in total. The first-order valence-electron chi connectivity index (χ1n) is 8.64. The number of esters is 2. The summed E-state index contributed by atoms with van der Waals surface area (Å²) in [6.45, 7) is 4.64. The van der Waals surface area contributed by atoms with Crippen molar-refractivity contribution in [3.8, 4) is 0 Å². The summed E-state index contributed by atoms with van der Waals surface area (Å²) in [7, 11) is 2.26. The average Bonchev–Trinajstić information content (AvgIpc) is 2.49. The number of hydrogen-bond donors (Lipinski definition) is 1. The molecule has 2 saturated carbocycles. The number of thiol groups is 1. The maximum atomic E-state index is 12.7. The molecule has 132 valence electrons. The van der Waals surface area contributed by atoms with E-state index in [4.69, 9.17) is 9.47 Å². The van der Waals surface area contributed by atoms with Gasteiger partial charge in [0.25, 0.3) is 0 Å². The molecule has 0 aromatic heterocycles. The van der Waals surface area contributed by atoms with Crippen LogP contribution in [0.5, 0.6) is 0 Å². The van der Waals surface area contributed by atoms with E-state index in [1.165, 1.54) is 19.3 Å². The lowest BCUT2D eigenvalue weighted by atomic mass is 9.58. The van der Waals surface area contributed by atoms with E-state index in [9.17, 15) is 9.59 Å². The molecule has 0 aliphatic heterocycles. The second-order valence-corrected chi connectivity index (χ2v) is 9.12. The Hall–Kier alpha value is -0.280. The van der Waals surface area contributed by atoms with Crippen LogP contribution in [-0.4, -0.2) is 30.1 Å². The second kappa shape index (κ2) is 8.20. The molecular weight excluding hydrogens is 331 g/mol. The minimum atomic E-state index is -0.535. The third kappa shape index (κ3) is 4.85. The highest BCUT2D eigenvalue weighted by molar-refractivity contribution is 7.86. The molecule has 3 unspecified atom stereocenters. The third-order valence-electron chi connectivity index (χ3n) is 5.41. The molecule has 0 heterocycles. The van der Waals surface area contributed by atoms with Crippen LogP contribution in [0.2, 0.25) is 0 Å². The number of hydrogen-bond acceptors (Lipinski definition) is 5. The van der Waals surface area contributed by atoms with Crippen molar-refractivity contribution in [2.24, 2.45) is 23.2 Å². The van der Waals surface area contributed by atoms with Crippen LogP contribution in [0.25, 0.3) is 0 Å². The summed E-state index contributed by atoms with van der Waals surface area (Å²) in [5.41, 5.74) is -0.329. The molecule has 2 aliphatic carbocycles. The maximum absolute atomic E-state index is 12.7. The zero-order chi connectivity index (χ0) is 17.0. The SMILES string of the molecule is CCC1(C(=O)OCCOC(=O)[C@@H](P)S)CC2CC(C)CC(C2)C1. The third-order valence-corrected chi connectivity index (χ3v) is 5.89. The van der Waals surface area contributed by atoms with Gasteiger partial charge in [0.05, 0.1) is 5.41 Å². The van der Waals surface area contributed by atoms with Gasteiger partial charge in [0.1, 0.15) is 18.2 Å². The molecule has 0 radical (unpaired) electrons. The Morgan fingerprint density at radius 2 is 1.74 bits per heavy atom. The summed E-state index contributed by atoms with van der Waals surface area (Å²) in [6.07, 6.45) is 6.48. The lowest BCUT2D eigenvalue weighted by Crippen LogP contribution is -2.43. The van der Waals surface area contributed by atoms with Gasteiger partial charge >= 0.3 is 11.9 Å². The standard InChI is InChI=1S/C17H29O4PS/c1-3-17(9-12-6-11(2)7-13(8-12)10-17)16(19)21-5-4-20-14(18)15(22)23/h11-13,15,23H,3-10,22H2,1-2H3/t11?,12?,13?,15-,17?/m0/s1. The van der Waals surface area contributed by atoms with Crippen molar-refractivity contribution in [1.29, 1.82) is 0 Å². The summed E-state index contributed by atoms with van der Waals surface area (Å²) in [6, 6.07) is 0. The molecule has 0 aromatic rings. The van der Waals surface area contributed by atoms with Crippen molar-refractivity contribution in [2.75, 3.05) is 13.2 Å². The summed E-state index contributed by atoms with van der Waals surface area (Å²) in [4.78, 5) is 23.4. The van der Waals surface area contributed by atoms with E-state index in [1.54, 1.807) is 0 Å². The normalized spacial score (nSPS) is 34.5. The fraction of sp³-hybridized carbons (Fsp3) is 0.882. The van der Waals surface area contributed by atoms with Crippen molar-refractivity contribution < 1.29 is 19.1 Å². The van der Waals surface area contributed by atoms with Crippen LogP contribution in [-0.2, 0) is 19.1 Å². The first kappa shape index (κ1) is 19.1. The van der Waals surface area contributed by atoms with Gasteiger partial charge in [-0.2, -0.15) is 12.6 Å². The zero-order valence-corrected chi connectivity index (χ0v) is 16.2. The summed E-state index contributed by atoms with van der Waals surface area (Å²) < 4.78 is 10.4. The fourth-order valence-corrected chi connectivity index (χ4v) is 4.71. The van der Waals surface area contributed by atoms with Crippen LogP contribution < -0.4 is 0 Å². The molecule has 2 fully saturated rings. The Morgan fingerprint density at radius 1 is 1.17 bits per heavy atom. The van der Waals surface area contributed by atoms with Gasteiger partial charge in [-0.15, -0.1) is 9.24 Å². The van der Waals surface area contributed by atoms with Gasteiger partial charge in [0, 0.05) is 0 Å². The van der Waals surface area contributed by atoms with Crippen LogP contribution >= 0.6 is 21.9 Å². The largest absolute Gasteiger partial charge is 0.462 e. The monoisotopic (exact) mass is 360 g/mol. The lowest BCUT2D eigenvalue weighted by Gasteiger charge is -2.47. The Bertz CT molecular complexity index is 422. The molecule has 0 saturated heterocycles. The first-order chi connectivity index (χ1) is 10.9. The number of carbonyl (C=O) groups excluding carboxylic acids is 2. The van der Waals surface area contributed by atoms with Crippen LogP contribution in [0.4, 0.5) is 0 Å². The van der Waals surface area contributed by atoms with Crippen LogP contribution in [0, 0.1) is 23.2 Å². The van der Waals surface area contributed by atoms with Crippen molar-refractivity contribution in [2.45, 2.75) is 57.4 Å². The van der Waals surface area contributed by atoms with Crippen molar-refractivity contribution in [1.82, 2.24) is 0 Å². The van der Waals surface area contributed by atoms with E-state index in [0.29, 0.717) is 11.8 Å². The number of ether oxygens (including phenoxy) is 2. The Kier molecular flexibility index (Phi) is 6.79. The zero-order valence-electron chi connectivity index (χ0n) is 14.1. The van der Waals surface area contributed by atoms with Crippen LogP contribution in [0.3, 0.4) is 0 Å². The lowest BCUT2D eigenvalue weighted by molar-refractivity contribution is -0.165. The molecule has 23 heavy (non-hydrogen) atoms. The van der Waals surface area contributed by atoms with E-state index >= 15 is 0 Å². The minimum Gasteiger partial charge on any atom is -0.462 e. The predicted octanol–water partition coefficient (Wildman–Crippen LogP) is 3.45. The van der Waals surface area contributed by atoms with E-state index in [1.807, 2.05) is 0 Å². The maximum Gasteiger partial charge on any atom is 0.322 e. The van der Waals surface area contributed by atoms with Crippen molar-refractivity contribution >= 4 is 33.8 Å². The highest BCUT2D eigenvalue weighted by Gasteiger charge is 2.48. The van der Waals surface area contributed by atoms with Gasteiger partial charge in [0.2, 0.25) is 0 Å². The highest BCUT2D eigenvalue weighted by Crippen LogP contribution is 2.52. The molecule has 2 rings (SSSR count). The van der Waals surface area contributed by atoms with Gasteiger partial charge in [-0.25, -0.2) is 0 Å².